The summed E-state index contributed by atoms with van der Waals surface area (Å²) < 4.78 is 2.05. The molecule has 10 nitrogen and oxygen atoms in total. The van der Waals surface area contributed by atoms with Crippen molar-refractivity contribution in [1.82, 2.24) is 14.8 Å². The van der Waals surface area contributed by atoms with E-state index in [4.69, 9.17) is 0 Å². The van der Waals surface area contributed by atoms with E-state index in [9.17, 15) is 25.3 Å². The molecule has 1 aliphatic rings. The van der Waals surface area contributed by atoms with Crippen molar-refractivity contribution in [3.8, 4) is 0 Å². The number of benzene rings is 2. The Morgan fingerprint density at radius 3 is 2.18 bits per heavy atom. The van der Waals surface area contributed by atoms with Crippen molar-refractivity contribution in [3.63, 3.8) is 0 Å². The quantitative estimate of drug-likeness (QED) is 0.290. The van der Waals surface area contributed by atoms with Crippen LogP contribution in [0, 0.1) is 20.2 Å². The molecule has 0 aliphatic heterocycles. The van der Waals surface area contributed by atoms with Crippen molar-refractivity contribution in [2.24, 2.45) is 0 Å². The lowest BCUT2D eigenvalue weighted by molar-refractivity contribution is -0.394. The van der Waals surface area contributed by atoms with Gasteiger partial charge in [-0.3, -0.25) is 20.2 Å². The smallest absolute Gasteiger partial charge is 0.276 e. The Morgan fingerprint density at radius 1 is 0.939 bits per heavy atom. The molecule has 0 bridgehead atoms. The molecule has 33 heavy (non-hydrogen) atoms. The number of nitro groups is 2. The van der Waals surface area contributed by atoms with Crippen molar-refractivity contribution >= 4 is 23.1 Å². The summed E-state index contributed by atoms with van der Waals surface area (Å²) >= 11 is 1.34. The highest BCUT2D eigenvalue weighted by Gasteiger charge is 2.27. The zero-order valence-electron chi connectivity index (χ0n) is 17.7. The Balaban J connectivity index is 1.61. The first-order valence-corrected chi connectivity index (χ1v) is 11.6. The molecule has 172 valence electrons. The highest BCUT2D eigenvalue weighted by atomic mass is 32.2. The van der Waals surface area contributed by atoms with E-state index in [0.29, 0.717) is 17.3 Å². The Bertz CT molecular complexity index is 1110. The van der Waals surface area contributed by atoms with Crippen molar-refractivity contribution in [2.75, 3.05) is 0 Å². The molecule has 0 radical (unpaired) electrons. The van der Waals surface area contributed by atoms with Crippen LogP contribution in [-0.4, -0.2) is 35.8 Å². The van der Waals surface area contributed by atoms with Crippen LogP contribution in [0.25, 0.3) is 0 Å². The van der Waals surface area contributed by atoms with Gasteiger partial charge in [-0.15, -0.1) is 10.2 Å². The van der Waals surface area contributed by atoms with Crippen LogP contribution in [0.3, 0.4) is 0 Å². The van der Waals surface area contributed by atoms with Crippen LogP contribution in [0.1, 0.15) is 48.6 Å². The molecule has 1 saturated carbocycles. The number of nitrogens with zero attached hydrogens (tertiary/aromatic N) is 5. The molecule has 0 amide bonds. The van der Waals surface area contributed by atoms with E-state index in [-0.39, 0.29) is 29.1 Å². The van der Waals surface area contributed by atoms with Crippen molar-refractivity contribution in [2.45, 2.75) is 55.2 Å². The summed E-state index contributed by atoms with van der Waals surface area (Å²) in [6.45, 7) is 0.569. The molecule has 0 spiro atoms. The first kappa shape index (κ1) is 22.9. The molecule has 0 atom stereocenters. The summed E-state index contributed by atoms with van der Waals surface area (Å²) in [6.07, 6.45) is 2.84. The number of hydrogen-bond acceptors (Lipinski definition) is 8. The predicted octanol–water partition coefficient (Wildman–Crippen LogP) is 4.45. The number of non-ortho nitro benzene ring substituents is 2. The lowest BCUT2D eigenvalue weighted by Gasteiger charge is -2.25. The topological polar surface area (TPSA) is 137 Å². The maximum atomic E-state index is 11.2. The van der Waals surface area contributed by atoms with Gasteiger partial charge in [0, 0.05) is 23.8 Å². The highest BCUT2D eigenvalue weighted by molar-refractivity contribution is 7.98. The number of aromatic nitrogens is 3. The van der Waals surface area contributed by atoms with Crippen LogP contribution in [0.4, 0.5) is 11.4 Å². The Kier molecular flexibility index (Phi) is 6.99. The first-order valence-electron chi connectivity index (χ1n) is 10.6. The summed E-state index contributed by atoms with van der Waals surface area (Å²) in [5, 5.41) is 41.7. The van der Waals surface area contributed by atoms with Gasteiger partial charge in [-0.25, -0.2) is 0 Å². The largest absolute Gasteiger partial charge is 0.393 e. The fourth-order valence-electron chi connectivity index (χ4n) is 4.06. The van der Waals surface area contributed by atoms with Crippen LogP contribution >= 0.6 is 11.8 Å². The van der Waals surface area contributed by atoms with Gasteiger partial charge in [-0.05, 0) is 36.8 Å². The molecule has 2 aromatic carbocycles. The zero-order chi connectivity index (χ0) is 23.4. The second-order valence-electron chi connectivity index (χ2n) is 8.08. The summed E-state index contributed by atoms with van der Waals surface area (Å²) in [4.78, 5) is 21.1. The van der Waals surface area contributed by atoms with E-state index in [1.807, 2.05) is 34.9 Å². The molecule has 1 N–H and O–H groups in total. The maximum absolute atomic E-state index is 11.2. The number of nitro benzene ring substituents is 2. The third kappa shape index (κ3) is 5.55. The molecule has 1 heterocycles. The van der Waals surface area contributed by atoms with E-state index in [1.54, 1.807) is 0 Å². The number of aliphatic hydroxyl groups is 1. The lowest BCUT2D eigenvalue weighted by atomic mass is 9.87. The molecule has 1 aliphatic carbocycles. The monoisotopic (exact) mass is 469 g/mol. The van der Waals surface area contributed by atoms with Crippen molar-refractivity contribution < 1.29 is 15.0 Å². The molecule has 4 rings (SSSR count). The summed E-state index contributed by atoms with van der Waals surface area (Å²) in [7, 11) is 0. The van der Waals surface area contributed by atoms with Gasteiger partial charge in [0.1, 0.15) is 5.82 Å². The minimum absolute atomic E-state index is 0.192. The predicted molar refractivity (Wildman–Crippen MR) is 122 cm³/mol. The fourth-order valence-corrected chi connectivity index (χ4v) is 4.93. The second-order valence-corrected chi connectivity index (χ2v) is 9.02. The summed E-state index contributed by atoms with van der Waals surface area (Å²) in [5.41, 5.74) is 0.929. The van der Waals surface area contributed by atoms with E-state index in [1.165, 1.54) is 23.9 Å². The molecular formula is C22H23N5O5S. The zero-order valence-corrected chi connectivity index (χ0v) is 18.6. The van der Waals surface area contributed by atoms with E-state index in [2.05, 4.69) is 10.2 Å². The van der Waals surface area contributed by atoms with Gasteiger partial charge in [-0.2, -0.15) is 0 Å². The molecule has 1 aromatic heterocycles. The molecule has 0 unspecified atom stereocenters. The van der Waals surface area contributed by atoms with Gasteiger partial charge in [0.2, 0.25) is 0 Å². The number of hydrogen-bond donors (Lipinski definition) is 1. The van der Waals surface area contributed by atoms with Crippen LogP contribution < -0.4 is 0 Å². The molecule has 1 fully saturated rings. The third-order valence-electron chi connectivity index (χ3n) is 5.74. The van der Waals surface area contributed by atoms with Gasteiger partial charge < -0.3 is 9.67 Å². The van der Waals surface area contributed by atoms with E-state index in [0.717, 1.165) is 43.1 Å². The molecular weight excluding hydrogens is 446 g/mol. The van der Waals surface area contributed by atoms with Crippen LogP contribution in [0.2, 0.25) is 0 Å². The van der Waals surface area contributed by atoms with Gasteiger partial charge in [-0.1, -0.05) is 42.1 Å². The number of aliphatic hydroxyl groups excluding tert-OH is 1. The van der Waals surface area contributed by atoms with Crippen LogP contribution in [-0.2, 0) is 12.3 Å². The normalized spacial score (nSPS) is 18.2. The lowest BCUT2D eigenvalue weighted by Crippen LogP contribution is -2.20. The number of rotatable bonds is 8. The first-order chi connectivity index (χ1) is 15.9. The Morgan fingerprint density at radius 2 is 1.58 bits per heavy atom. The molecule has 11 heteroatoms. The third-order valence-corrected chi connectivity index (χ3v) is 6.78. The maximum Gasteiger partial charge on any atom is 0.276 e. The Labute approximate surface area is 194 Å². The van der Waals surface area contributed by atoms with Crippen LogP contribution in [0.5, 0.6) is 0 Å². The van der Waals surface area contributed by atoms with E-state index >= 15 is 0 Å². The molecule has 3 aromatic rings. The minimum atomic E-state index is -0.630. The summed E-state index contributed by atoms with van der Waals surface area (Å²) in [5.74, 6) is 1.33. The number of thioether (sulfide) groups is 1. The fraction of sp³-hybridized carbons (Fsp3) is 0.364. The standard InChI is InChI=1S/C22H23N5O5S/c28-20-8-6-17(7-9-20)21-23-24-22(25(21)13-15-4-2-1-3-5-15)33-14-16-10-18(26(29)30)12-19(11-16)27(31)32/h1-5,10-12,17,20,28H,6-9,13-14H2. The average molecular weight is 470 g/mol. The van der Waals surface area contributed by atoms with Gasteiger partial charge in [0.25, 0.3) is 11.4 Å². The van der Waals surface area contributed by atoms with Crippen molar-refractivity contribution in [3.05, 3.63) is 85.7 Å². The molecule has 0 saturated heterocycles. The van der Waals surface area contributed by atoms with Gasteiger partial charge >= 0.3 is 0 Å². The average Bonchev–Trinajstić information content (AvgIpc) is 3.21. The summed E-state index contributed by atoms with van der Waals surface area (Å²) in [6, 6.07) is 13.6. The second kappa shape index (κ2) is 10.1. The Hall–Kier alpha value is -3.31. The van der Waals surface area contributed by atoms with E-state index < -0.39 is 9.85 Å². The SMILES string of the molecule is O=[N+]([O-])c1cc(CSc2nnc(C3CCC(O)CC3)n2Cc2ccccc2)cc([N+](=O)[O-])c1. The highest BCUT2D eigenvalue weighted by Crippen LogP contribution is 2.35. The minimum Gasteiger partial charge on any atom is -0.393 e. The van der Waals surface area contributed by atoms with Crippen LogP contribution in [0.15, 0.2) is 53.7 Å². The van der Waals surface area contributed by atoms with Crippen molar-refractivity contribution in [1.29, 1.82) is 0 Å². The van der Waals surface area contributed by atoms with Gasteiger partial charge in [0.05, 0.1) is 28.6 Å². The van der Waals surface area contributed by atoms with Gasteiger partial charge in [0.15, 0.2) is 5.16 Å².